The van der Waals surface area contributed by atoms with Crippen molar-refractivity contribution in [3.8, 4) is 11.3 Å². The van der Waals surface area contributed by atoms with Crippen LogP contribution < -0.4 is 0 Å². The molecule has 1 aliphatic carbocycles. The van der Waals surface area contributed by atoms with Crippen molar-refractivity contribution in [2.24, 2.45) is 5.92 Å². The van der Waals surface area contributed by atoms with Crippen molar-refractivity contribution in [2.75, 3.05) is 0 Å². The molecule has 0 fully saturated rings. The van der Waals surface area contributed by atoms with E-state index in [-0.39, 0.29) is 23.1 Å². The van der Waals surface area contributed by atoms with Crippen LogP contribution in [0.3, 0.4) is 0 Å². The second-order valence-electron chi connectivity index (χ2n) is 7.07. The first kappa shape index (κ1) is 16.8. The molecular formula is C20H19F2N3O. The first-order valence-electron chi connectivity index (χ1n) is 8.78. The lowest BCUT2D eigenvalue weighted by molar-refractivity contribution is 0.382. The summed E-state index contributed by atoms with van der Waals surface area (Å²) in [6.45, 7) is 4.29. The van der Waals surface area contributed by atoms with Crippen LogP contribution in [-0.4, -0.2) is 15.4 Å². The van der Waals surface area contributed by atoms with Crippen molar-refractivity contribution in [3.63, 3.8) is 0 Å². The fraction of sp³-hybridized carbons (Fsp3) is 0.350. The Morgan fingerprint density at radius 2 is 1.85 bits per heavy atom. The average molecular weight is 355 g/mol. The van der Waals surface area contributed by atoms with Gasteiger partial charge in [0.1, 0.15) is 17.9 Å². The Morgan fingerprint density at radius 1 is 1.08 bits per heavy atom. The molecule has 0 N–H and O–H groups in total. The number of fused-ring (bicyclic) bond motifs is 1. The van der Waals surface area contributed by atoms with Crippen molar-refractivity contribution >= 4 is 0 Å². The molecule has 1 aliphatic rings. The van der Waals surface area contributed by atoms with Crippen molar-refractivity contribution in [1.82, 2.24) is 15.4 Å². The first-order chi connectivity index (χ1) is 12.6. The standard InChI is InChI=1S/C20H19F2N3O/c1-11(2)12-6-7-13(17-8-9-26-25-17)20-14(12)10-18(23-24-20)19-15(21)4-3-5-16(19)22/h3-5,8-13H,6-7H2,1-2H3. The van der Waals surface area contributed by atoms with Crippen LogP contribution in [0, 0.1) is 17.6 Å². The Labute approximate surface area is 150 Å². The highest BCUT2D eigenvalue weighted by molar-refractivity contribution is 5.62. The quantitative estimate of drug-likeness (QED) is 0.658. The van der Waals surface area contributed by atoms with Crippen molar-refractivity contribution in [3.05, 3.63) is 65.2 Å². The molecule has 1 aromatic carbocycles. The molecule has 6 heteroatoms. The minimum atomic E-state index is -0.635. The third-order valence-corrected chi connectivity index (χ3v) is 5.19. The van der Waals surface area contributed by atoms with Gasteiger partial charge in [-0.1, -0.05) is 25.1 Å². The van der Waals surface area contributed by atoms with E-state index in [1.165, 1.54) is 18.2 Å². The number of rotatable bonds is 3. The van der Waals surface area contributed by atoms with Crippen molar-refractivity contribution < 1.29 is 13.3 Å². The third kappa shape index (κ3) is 2.79. The zero-order chi connectivity index (χ0) is 18.3. The Balaban J connectivity index is 1.86. The summed E-state index contributed by atoms with van der Waals surface area (Å²) >= 11 is 0. The summed E-state index contributed by atoms with van der Waals surface area (Å²) in [5.41, 5.74) is 2.73. The molecule has 0 spiro atoms. The molecule has 4 rings (SSSR count). The van der Waals surface area contributed by atoms with E-state index in [9.17, 15) is 8.78 Å². The van der Waals surface area contributed by atoms with Crippen LogP contribution in [0.2, 0.25) is 0 Å². The van der Waals surface area contributed by atoms with Crippen LogP contribution in [0.1, 0.15) is 55.5 Å². The highest BCUT2D eigenvalue weighted by Crippen LogP contribution is 2.44. The smallest absolute Gasteiger partial charge is 0.135 e. The number of aromatic nitrogens is 3. The lowest BCUT2D eigenvalue weighted by Gasteiger charge is -2.31. The molecule has 0 bridgehead atoms. The van der Waals surface area contributed by atoms with E-state index >= 15 is 0 Å². The van der Waals surface area contributed by atoms with Crippen LogP contribution >= 0.6 is 0 Å². The lowest BCUT2D eigenvalue weighted by Crippen LogP contribution is -2.21. The second-order valence-corrected chi connectivity index (χ2v) is 7.07. The van der Waals surface area contributed by atoms with Gasteiger partial charge in [0, 0.05) is 12.0 Å². The molecule has 0 saturated carbocycles. The predicted octanol–water partition coefficient (Wildman–Crippen LogP) is 5.08. The molecule has 0 amide bonds. The zero-order valence-electron chi connectivity index (χ0n) is 14.6. The van der Waals surface area contributed by atoms with E-state index in [2.05, 4.69) is 29.2 Å². The summed E-state index contributed by atoms with van der Waals surface area (Å²) in [6.07, 6.45) is 3.39. The number of nitrogens with zero attached hydrogens (tertiary/aromatic N) is 3. The van der Waals surface area contributed by atoms with Crippen LogP contribution in [0.4, 0.5) is 8.78 Å². The largest absolute Gasteiger partial charge is 0.364 e. The summed E-state index contributed by atoms with van der Waals surface area (Å²) in [5.74, 6) is -0.633. The lowest BCUT2D eigenvalue weighted by atomic mass is 9.74. The Hall–Kier alpha value is -2.63. The Bertz CT molecular complexity index is 905. The number of hydrogen-bond acceptors (Lipinski definition) is 4. The van der Waals surface area contributed by atoms with E-state index in [0.717, 1.165) is 29.8 Å². The van der Waals surface area contributed by atoms with E-state index in [0.29, 0.717) is 5.92 Å². The predicted molar refractivity (Wildman–Crippen MR) is 92.5 cm³/mol. The van der Waals surface area contributed by atoms with Crippen LogP contribution in [0.15, 0.2) is 41.1 Å². The second kappa shape index (κ2) is 6.59. The zero-order valence-corrected chi connectivity index (χ0v) is 14.6. The third-order valence-electron chi connectivity index (χ3n) is 5.19. The normalized spacial score (nSPS) is 19.6. The number of benzene rings is 1. The van der Waals surface area contributed by atoms with Crippen LogP contribution in [-0.2, 0) is 0 Å². The molecular weight excluding hydrogens is 336 g/mol. The van der Waals surface area contributed by atoms with Gasteiger partial charge in [0.05, 0.1) is 22.6 Å². The molecule has 2 heterocycles. The topological polar surface area (TPSA) is 51.8 Å². The molecule has 0 saturated heterocycles. The SMILES string of the molecule is CC(C)C1CCC(c2ccon2)c2nnc(-c3c(F)cccc3F)cc21. The average Bonchev–Trinajstić information content (AvgIpc) is 3.14. The van der Waals surface area contributed by atoms with Gasteiger partial charge in [0.25, 0.3) is 0 Å². The van der Waals surface area contributed by atoms with Crippen molar-refractivity contribution in [1.29, 1.82) is 0 Å². The van der Waals surface area contributed by atoms with E-state index in [1.807, 2.05) is 6.07 Å². The molecule has 4 nitrogen and oxygen atoms in total. The Kier molecular flexibility index (Phi) is 4.26. The van der Waals surface area contributed by atoms with Gasteiger partial charge >= 0.3 is 0 Å². The number of halogens is 2. The molecule has 0 radical (unpaired) electrons. The van der Waals surface area contributed by atoms with Gasteiger partial charge in [0.15, 0.2) is 0 Å². The van der Waals surface area contributed by atoms with Gasteiger partial charge in [-0.2, -0.15) is 5.10 Å². The minimum absolute atomic E-state index is 0.00855. The first-order valence-corrected chi connectivity index (χ1v) is 8.78. The monoisotopic (exact) mass is 355 g/mol. The molecule has 2 aromatic heterocycles. The summed E-state index contributed by atoms with van der Waals surface area (Å²) in [6, 6.07) is 7.43. The van der Waals surface area contributed by atoms with Gasteiger partial charge in [-0.3, -0.25) is 0 Å². The summed E-state index contributed by atoms with van der Waals surface area (Å²) in [7, 11) is 0. The van der Waals surface area contributed by atoms with E-state index in [4.69, 9.17) is 4.52 Å². The maximum atomic E-state index is 14.2. The molecule has 0 aliphatic heterocycles. The van der Waals surface area contributed by atoms with Crippen molar-refractivity contribution in [2.45, 2.75) is 38.5 Å². The van der Waals surface area contributed by atoms with Gasteiger partial charge in [0.2, 0.25) is 0 Å². The fourth-order valence-corrected chi connectivity index (χ4v) is 3.87. The van der Waals surface area contributed by atoms with E-state index < -0.39 is 11.6 Å². The Morgan fingerprint density at radius 3 is 2.50 bits per heavy atom. The molecule has 134 valence electrons. The highest BCUT2D eigenvalue weighted by Gasteiger charge is 2.33. The van der Waals surface area contributed by atoms with Crippen LogP contribution in [0.5, 0.6) is 0 Å². The minimum Gasteiger partial charge on any atom is -0.364 e. The maximum absolute atomic E-state index is 14.2. The molecule has 2 atom stereocenters. The van der Waals surface area contributed by atoms with Gasteiger partial charge in [-0.25, -0.2) is 8.78 Å². The van der Waals surface area contributed by atoms with E-state index in [1.54, 1.807) is 12.3 Å². The summed E-state index contributed by atoms with van der Waals surface area (Å²) in [5, 5.41) is 12.6. The van der Waals surface area contributed by atoms with Gasteiger partial charge < -0.3 is 4.52 Å². The molecule has 26 heavy (non-hydrogen) atoms. The van der Waals surface area contributed by atoms with Gasteiger partial charge in [-0.05, 0) is 48.4 Å². The summed E-state index contributed by atoms with van der Waals surface area (Å²) in [4.78, 5) is 0. The molecule has 2 unspecified atom stereocenters. The van der Waals surface area contributed by atoms with Gasteiger partial charge in [-0.15, -0.1) is 5.10 Å². The maximum Gasteiger partial charge on any atom is 0.135 e. The van der Waals surface area contributed by atoms with Crippen LogP contribution in [0.25, 0.3) is 11.3 Å². The highest BCUT2D eigenvalue weighted by atomic mass is 19.1. The summed E-state index contributed by atoms with van der Waals surface area (Å²) < 4.78 is 33.4. The number of hydrogen-bond donors (Lipinski definition) is 0. The molecule has 3 aromatic rings. The fourth-order valence-electron chi connectivity index (χ4n) is 3.87.